The maximum atomic E-state index is 12.8. The lowest BCUT2D eigenvalue weighted by atomic mass is 10.1. The number of hydrogen-bond donors (Lipinski definition) is 0. The Bertz CT molecular complexity index is 598. The number of carbonyl (C=O) groups is 2. The zero-order valence-electron chi connectivity index (χ0n) is 13.6. The number of hydrogen-bond acceptors (Lipinski definition) is 4. The van der Waals surface area contributed by atoms with E-state index in [1.165, 1.54) is 13.8 Å². The van der Waals surface area contributed by atoms with Crippen LogP contribution in [0.5, 0.6) is 5.75 Å². The quantitative estimate of drug-likeness (QED) is 0.617. The summed E-state index contributed by atoms with van der Waals surface area (Å²) in [6.07, 6.45) is -4.23. The highest BCUT2D eigenvalue weighted by Gasteiger charge is 2.37. The van der Waals surface area contributed by atoms with Gasteiger partial charge < -0.3 is 9.47 Å². The van der Waals surface area contributed by atoms with Crippen LogP contribution in [0, 0.1) is 0 Å². The molecule has 0 aliphatic heterocycles. The predicted molar refractivity (Wildman–Crippen MR) is 77.4 cm³/mol. The summed E-state index contributed by atoms with van der Waals surface area (Å²) in [5.74, 6) is -1.08. The van der Waals surface area contributed by atoms with Crippen LogP contribution in [-0.4, -0.2) is 23.5 Å². The normalized spacial score (nSPS) is 12.7. The van der Waals surface area contributed by atoms with Crippen molar-refractivity contribution in [2.45, 2.75) is 52.0 Å². The molecule has 4 nitrogen and oxygen atoms in total. The standard InChI is InChI=1S/C16H19F3O4/c1-14(2,3)23-13(21)15(4,5)22-12-8-11(16(17,18)19)7-6-10(12)9-20/h6-9H,1-5H3. The first-order valence-corrected chi connectivity index (χ1v) is 6.85. The molecule has 0 amide bonds. The van der Waals surface area contributed by atoms with Crippen LogP contribution in [0.15, 0.2) is 18.2 Å². The van der Waals surface area contributed by atoms with Gasteiger partial charge in [-0.3, -0.25) is 4.79 Å². The highest BCUT2D eigenvalue weighted by Crippen LogP contribution is 2.34. The fourth-order valence-electron chi connectivity index (χ4n) is 1.61. The number of benzene rings is 1. The second-order valence-corrected chi connectivity index (χ2v) is 6.48. The van der Waals surface area contributed by atoms with Crippen LogP contribution in [0.1, 0.15) is 50.5 Å². The molecule has 0 fully saturated rings. The van der Waals surface area contributed by atoms with E-state index in [0.717, 1.165) is 12.1 Å². The largest absolute Gasteiger partial charge is 0.475 e. The number of carbonyl (C=O) groups excluding carboxylic acids is 2. The predicted octanol–water partition coefficient (Wildman–Crippen LogP) is 4.02. The molecule has 128 valence electrons. The molecule has 1 aromatic rings. The summed E-state index contributed by atoms with van der Waals surface area (Å²) >= 11 is 0. The Morgan fingerprint density at radius 1 is 1.09 bits per heavy atom. The Kier molecular flexibility index (Phi) is 5.13. The monoisotopic (exact) mass is 332 g/mol. The van der Waals surface area contributed by atoms with Crippen LogP contribution in [0.2, 0.25) is 0 Å². The maximum Gasteiger partial charge on any atom is 0.416 e. The Morgan fingerprint density at radius 3 is 2.09 bits per heavy atom. The molecule has 0 spiro atoms. The fourth-order valence-corrected chi connectivity index (χ4v) is 1.61. The third-order valence-corrected chi connectivity index (χ3v) is 2.72. The van der Waals surface area contributed by atoms with Gasteiger partial charge in [-0.15, -0.1) is 0 Å². The second kappa shape index (κ2) is 6.22. The molecular formula is C16H19F3O4. The van der Waals surface area contributed by atoms with Crippen molar-refractivity contribution < 1.29 is 32.2 Å². The first-order chi connectivity index (χ1) is 10.3. The van der Waals surface area contributed by atoms with Gasteiger partial charge in [-0.05, 0) is 52.8 Å². The highest BCUT2D eigenvalue weighted by atomic mass is 19.4. The molecule has 7 heteroatoms. The van der Waals surface area contributed by atoms with Gasteiger partial charge in [0.05, 0.1) is 11.1 Å². The molecule has 0 radical (unpaired) electrons. The van der Waals surface area contributed by atoms with Gasteiger partial charge in [0.15, 0.2) is 11.9 Å². The van der Waals surface area contributed by atoms with Crippen LogP contribution in [0.25, 0.3) is 0 Å². The average Bonchev–Trinajstić information content (AvgIpc) is 2.35. The fraction of sp³-hybridized carbons (Fsp3) is 0.500. The van der Waals surface area contributed by atoms with E-state index in [4.69, 9.17) is 9.47 Å². The number of ether oxygens (including phenoxy) is 2. The van der Waals surface area contributed by atoms with E-state index < -0.39 is 28.9 Å². The molecule has 0 saturated heterocycles. The van der Waals surface area contributed by atoms with Crippen molar-refractivity contribution in [3.05, 3.63) is 29.3 Å². The van der Waals surface area contributed by atoms with Crippen molar-refractivity contribution >= 4 is 12.3 Å². The summed E-state index contributed by atoms with van der Waals surface area (Å²) in [4.78, 5) is 23.1. The van der Waals surface area contributed by atoms with Crippen molar-refractivity contribution in [2.24, 2.45) is 0 Å². The molecule has 0 unspecified atom stereocenters. The van der Waals surface area contributed by atoms with E-state index in [-0.39, 0.29) is 11.3 Å². The summed E-state index contributed by atoms with van der Waals surface area (Å²) in [5.41, 5.74) is -3.40. The SMILES string of the molecule is CC(C)(C)OC(=O)C(C)(C)Oc1cc(C(F)(F)F)ccc1C=O. The third kappa shape index (κ3) is 5.26. The van der Waals surface area contributed by atoms with Crippen LogP contribution >= 0.6 is 0 Å². The van der Waals surface area contributed by atoms with Gasteiger partial charge in [0, 0.05) is 0 Å². The summed E-state index contributed by atoms with van der Waals surface area (Å²) in [6, 6.07) is 2.46. The summed E-state index contributed by atoms with van der Waals surface area (Å²) in [7, 11) is 0. The minimum Gasteiger partial charge on any atom is -0.475 e. The van der Waals surface area contributed by atoms with E-state index in [9.17, 15) is 22.8 Å². The average molecular weight is 332 g/mol. The lowest BCUT2D eigenvalue weighted by molar-refractivity contribution is -0.171. The zero-order valence-corrected chi connectivity index (χ0v) is 13.6. The molecule has 23 heavy (non-hydrogen) atoms. The molecule has 0 heterocycles. The van der Waals surface area contributed by atoms with Crippen molar-refractivity contribution in [1.29, 1.82) is 0 Å². The van der Waals surface area contributed by atoms with E-state index >= 15 is 0 Å². The van der Waals surface area contributed by atoms with Crippen molar-refractivity contribution in [3.8, 4) is 5.75 Å². The topological polar surface area (TPSA) is 52.6 Å². The van der Waals surface area contributed by atoms with E-state index in [1.54, 1.807) is 20.8 Å². The maximum absolute atomic E-state index is 12.8. The van der Waals surface area contributed by atoms with Gasteiger partial charge in [0.25, 0.3) is 0 Å². The van der Waals surface area contributed by atoms with Gasteiger partial charge in [0.1, 0.15) is 11.4 Å². The first-order valence-electron chi connectivity index (χ1n) is 6.85. The van der Waals surface area contributed by atoms with Gasteiger partial charge in [-0.25, -0.2) is 4.79 Å². The van der Waals surface area contributed by atoms with Crippen molar-refractivity contribution in [3.63, 3.8) is 0 Å². The minimum atomic E-state index is -4.59. The van der Waals surface area contributed by atoms with E-state index in [2.05, 4.69) is 0 Å². The van der Waals surface area contributed by atoms with Gasteiger partial charge >= 0.3 is 12.1 Å². The van der Waals surface area contributed by atoms with Crippen molar-refractivity contribution in [2.75, 3.05) is 0 Å². The summed E-state index contributed by atoms with van der Waals surface area (Å²) < 4.78 is 48.9. The highest BCUT2D eigenvalue weighted by molar-refractivity contribution is 5.82. The van der Waals surface area contributed by atoms with Crippen LogP contribution in [-0.2, 0) is 15.7 Å². The Labute approximate surface area is 132 Å². The molecule has 1 rings (SSSR count). The molecule has 0 aromatic heterocycles. The Morgan fingerprint density at radius 2 is 1.65 bits per heavy atom. The number of halogens is 3. The molecule has 0 atom stereocenters. The number of alkyl halides is 3. The molecule has 0 aliphatic rings. The van der Waals surface area contributed by atoms with Gasteiger partial charge in [0.2, 0.25) is 0 Å². The van der Waals surface area contributed by atoms with Crippen LogP contribution in [0.4, 0.5) is 13.2 Å². The second-order valence-electron chi connectivity index (χ2n) is 6.48. The smallest absolute Gasteiger partial charge is 0.416 e. The number of aldehydes is 1. The molecule has 0 bridgehead atoms. The molecule has 0 saturated carbocycles. The van der Waals surface area contributed by atoms with E-state index in [0.29, 0.717) is 12.4 Å². The van der Waals surface area contributed by atoms with Crippen LogP contribution < -0.4 is 4.74 Å². The molecule has 1 aromatic carbocycles. The van der Waals surface area contributed by atoms with E-state index in [1.807, 2.05) is 0 Å². The number of esters is 1. The van der Waals surface area contributed by atoms with Crippen molar-refractivity contribution in [1.82, 2.24) is 0 Å². The zero-order chi connectivity index (χ0) is 18.1. The van der Waals surface area contributed by atoms with Crippen LogP contribution in [0.3, 0.4) is 0 Å². The summed E-state index contributed by atoms with van der Waals surface area (Å²) in [6.45, 7) is 7.68. The van der Waals surface area contributed by atoms with Gasteiger partial charge in [-0.1, -0.05) is 0 Å². The third-order valence-electron chi connectivity index (χ3n) is 2.72. The Balaban J connectivity index is 3.15. The lowest BCUT2D eigenvalue weighted by Crippen LogP contribution is -2.43. The Hall–Kier alpha value is -2.05. The van der Waals surface area contributed by atoms with Gasteiger partial charge in [-0.2, -0.15) is 13.2 Å². The molecular weight excluding hydrogens is 313 g/mol. The molecule has 0 aliphatic carbocycles. The number of rotatable bonds is 4. The lowest BCUT2D eigenvalue weighted by Gasteiger charge is -2.29. The first kappa shape index (κ1) is 19.0. The molecule has 0 N–H and O–H groups in total. The minimum absolute atomic E-state index is 0.0883. The summed E-state index contributed by atoms with van der Waals surface area (Å²) in [5, 5.41) is 0.